The minimum Gasteiger partial charge on any atom is -0.507 e. The summed E-state index contributed by atoms with van der Waals surface area (Å²) in [5.41, 5.74) is 5.67. The van der Waals surface area contributed by atoms with E-state index < -0.39 is 0 Å². The van der Waals surface area contributed by atoms with Crippen LogP contribution in [-0.4, -0.2) is 94.8 Å². The van der Waals surface area contributed by atoms with Crippen LogP contribution in [0.3, 0.4) is 0 Å². The van der Waals surface area contributed by atoms with Gasteiger partial charge in [-0.15, -0.1) is 0 Å². The van der Waals surface area contributed by atoms with Crippen LogP contribution < -0.4 is 0 Å². The Hall–Kier alpha value is -2.84. The van der Waals surface area contributed by atoms with Crippen molar-refractivity contribution in [1.29, 1.82) is 0 Å². The molecule has 2 fully saturated rings. The monoisotopic (exact) mass is 729 g/mol. The first-order chi connectivity index (χ1) is 22.9. The van der Waals surface area contributed by atoms with Crippen molar-refractivity contribution in [2.45, 2.75) is 136 Å². The van der Waals surface area contributed by atoms with Crippen LogP contribution in [0, 0.1) is 0 Å². The fraction of sp³-hybridized carbons (Fsp3) is 0.643. The Labute approximate surface area is 313 Å². The summed E-state index contributed by atoms with van der Waals surface area (Å²) in [6.45, 7) is 25.3. The molecule has 3 aliphatic rings. The summed E-state index contributed by atoms with van der Waals surface area (Å²) in [5.74, 6) is 2.07. The van der Waals surface area contributed by atoms with E-state index in [4.69, 9.17) is 9.98 Å². The molecule has 7 nitrogen and oxygen atoms in total. The van der Waals surface area contributed by atoms with Crippen molar-refractivity contribution in [3.8, 4) is 11.5 Å². The first-order valence-electron chi connectivity index (χ1n) is 18.8. The van der Waals surface area contributed by atoms with Crippen molar-refractivity contribution in [2.75, 3.05) is 39.8 Å². The van der Waals surface area contributed by atoms with E-state index in [1.54, 1.807) is 0 Å². The smallest absolute Gasteiger partial charge is 0.350 e. The summed E-state index contributed by atoms with van der Waals surface area (Å²) < 4.78 is 2.42. The maximum Gasteiger partial charge on any atom is 0.350 e. The number of phenolic OH excluding ortho intramolecular Hbond substituents is 2. The number of hydrogen-bond donors (Lipinski definition) is 2. The molecule has 0 bridgehead atoms. The Kier molecular flexibility index (Phi) is 12.6. The summed E-state index contributed by atoms with van der Waals surface area (Å²) in [7, 11) is 2.22. The minimum atomic E-state index is -0.184. The van der Waals surface area contributed by atoms with E-state index >= 15 is 0 Å². The maximum atomic E-state index is 11.6. The van der Waals surface area contributed by atoms with Gasteiger partial charge < -0.3 is 10.2 Å². The second-order valence-electron chi connectivity index (χ2n) is 17.9. The van der Waals surface area contributed by atoms with Crippen molar-refractivity contribution in [3.63, 3.8) is 0 Å². The summed E-state index contributed by atoms with van der Waals surface area (Å²) in [4.78, 5) is 15.2. The first kappa shape index (κ1) is 39.9. The Bertz CT molecular complexity index is 1590. The molecule has 277 valence electrons. The van der Waals surface area contributed by atoms with Crippen molar-refractivity contribution in [3.05, 3.63) is 57.6 Å². The van der Waals surface area contributed by atoms with Crippen molar-refractivity contribution >= 4 is 18.4 Å². The van der Waals surface area contributed by atoms with Crippen LogP contribution in [0.4, 0.5) is 0 Å². The number of phenols is 2. The molecule has 1 radical (unpaired) electrons. The second-order valence-corrected chi connectivity index (χ2v) is 17.9. The van der Waals surface area contributed by atoms with Crippen molar-refractivity contribution < 1.29 is 31.6 Å². The standard InChI is InChI=1S/C42H63N5O2.Co/c1-40(2,3)32-23-29(15-12-19-46-21-14-22-47-20-13-18-45(10)39(46)47)37(48)30(24-32)27-43-35-16-11-17-36(35)44-28-31-25-33(41(4,5)6)26-34(38(31)49)42(7,8)9;/h23-28,35-36H,11-22H2,1-10H3,(H-,43,44,48,49);/p+1. The first-order valence-corrected chi connectivity index (χ1v) is 18.8. The van der Waals surface area contributed by atoms with E-state index in [2.05, 4.69) is 108 Å². The maximum absolute atomic E-state index is 11.6. The van der Waals surface area contributed by atoms with Crippen LogP contribution in [-0.2, 0) is 39.4 Å². The summed E-state index contributed by atoms with van der Waals surface area (Å²) in [6, 6.07) is 8.65. The fourth-order valence-electron chi connectivity index (χ4n) is 7.64. The number of aryl methyl sites for hydroxylation is 1. The number of aromatic hydroxyl groups is 2. The third-order valence-corrected chi connectivity index (χ3v) is 10.7. The predicted molar refractivity (Wildman–Crippen MR) is 206 cm³/mol. The molecule has 5 rings (SSSR count). The third-order valence-electron chi connectivity index (χ3n) is 10.7. The van der Waals surface area contributed by atoms with Gasteiger partial charge in [-0.3, -0.25) is 24.4 Å². The van der Waals surface area contributed by atoms with Gasteiger partial charge >= 0.3 is 5.96 Å². The minimum absolute atomic E-state index is 0. The zero-order valence-corrected chi connectivity index (χ0v) is 33.6. The molecule has 2 N–H and O–H groups in total. The number of guanidine groups is 1. The van der Waals surface area contributed by atoms with Gasteiger partial charge in [0.05, 0.1) is 51.9 Å². The zero-order valence-electron chi connectivity index (χ0n) is 32.6. The molecular formula is C42H64CoN5O2+. The number of benzene rings is 2. The largest absolute Gasteiger partial charge is 0.507 e. The Morgan fingerprint density at radius 1 is 0.740 bits per heavy atom. The number of aliphatic imine (C=N–C) groups is 2. The molecule has 2 aliphatic heterocycles. The zero-order chi connectivity index (χ0) is 35.7. The van der Waals surface area contributed by atoms with Gasteiger partial charge in [-0.05, 0) is 77.2 Å². The van der Waals surface area contributed by atoms with Crippen LogP contribution in [0.2, 0.25) is 0 Å². The number of fused-ring (bicyclic) bond motifs is 1. The average molecular weight is 730 g/mol. The van der Waals surface area contributed by atoms with E-state index in [0.29, 0.717) is 11.5 Å². The van der Waals surface area contributed by atoms with Crippen molar-refractivity contribution in [1.82, 2.24) is 9.80 Å². The normalized spacial score (nSPS) is 20.6. The molecule has 1 aliphatic carbocycles. The molecule has 2 atom stereocenters. The fourth-order valence-corrected chi connectivity index (χ4v) is 7.64. The summed E-state index contributed by atoms with van der Waals surface area (Å²) in [6.07, 6.45) is 11.0. The van der Waals surface area contributed by atoms with Crippen LogP contribution in [0.1, 0.15) is 134 Å². The van der Waals surface area contributed by atoms with Crippen LogP contribution in [0.15, 0.2) is 34.3 Å². The molecular weight excluding hydrogens is 665 g/mol. The van der Waals surface area contributed by atoms with E-state index in [0.717, 1.165) is 87.1 Å². The molecule has 0 aromatic heterocycles. The van der Waals surface area contributed by atoms with E-state index in [1.807, 2.05) is 12.4 Å². The van der Waals surface area contributed by atoms with Crippen LogP contribution >= 0.6 is 0 Å². The van der Waals surface area contributed by atoms with E-state index in [1.165, 1.54) is 29.9 Å². The topological polar surface area (TPSA) is 74.7 Å². The van der Waals surface area contributed by atoms with Crippen LogP contribution in [0.25, 0.3) is 0 Å². The second kappa shape index (κ2) is 15.8. The van der Waals surface area contributed by atoms with Gasteiger partial charge in [0, 0.05) is 58.7 Å². The molecule has 0 amide bonds. The van der Waals surface area contributed by atoms with Gasteiger partial charge in [-0.25, -0.2) is 0 Å². The van der Waals surface area contributed by atoms with E-state index in [-0.39, 0.29) is 45.1 Å². The summed E-state index contributed by atoms with van der Waals surface area (Å²) in [5, 5.41) is 22.9. The van der Waals surface area contributed by atoms with Gasteiger partial charge in [0.2, 0.25) is 0 Å². The summed E-state index contributed by atoms with van der Waals surface area (Å²) >= 11 is 0. The average Bonchev–Trinajstić information content (AvgIpc) is 3.46. The molecule has 2 aromatic rings. The van der Waals surface area contributed by atoms with E-state index in [9.17, 15) is 10.2 Å². The Balaban J connectivity index is 0.00000562. The van der Waals surface area contributed by atoms with Crippen LogP contribution in [0.5, 0.6) is 11.5 Å². The van der Waals surface area contributed by atoms with Gasteiger partial charge in [-0.1, -0.05) is 74.4 Å². The van der Waals surface area contributed by atoms with Crippen molar-refractivity contribution in [2.24, 2.45) is 9.98 Å². The van der Waals surface area contributed by atoms with Gasteiger partial charge in [0.15, 0.2) is 0 Å². The molecule has 2 heterocycles. The molecule has 2 aromatic carbocycles. The molecule has 1 saturated heterocycles. The Morgan fingerprint density at radius 3 is 1.88 bits per heavy atom. The SMILES string of the molecule is C[N+]1=C2N(CCCc3cc(C(C)(C)C)cc(C=NC4CCCC4N=Cc4cc(C(C)(C)C)cc(C(C)(C)C)c4O)c3O)CCCN2CCC1.[Co]. The molecule has 0 spiro atoms. The van der Waals surface area contributed by atoms with Gasteiger partial charge in [0.1, 0.15) is 11.5 Å². The predicted octanol–water partition coefficient (Wildman–Crippen LogP) is 7.79. The van der Waals surface area contributed by atoms with Gasteiger partial charge in [0.25, 0.3) is 0 Å². The Morgan fingerprint density at radius 2 is 1.30 bits per heavy atom. The number of hydrogen-bond acceptors (Lipinski definition) is 6. The molecule has 8 heteroatoms. The quantitative estimate of drug-likeness (QED) is 0.215. The number of nitrogens with zero attached hydrogens (tertiary/aromatic N) is 5. The molecule has 2 unspecified atom stereocenters. The van der Waals surface area contributed by atoms with Gasteiger partial charge in [-0.2, -0.15) is 0 Å². The molecule has 50 heavy (non-hydrogen) atoms. The molecule has 1 saturated carbocycles. The number of rotatable bonds is 8. The third kappa shape index (κ3) is 9.33.